The highest BCUT2D eigenvalue weighted by Crippen LogP contribution is 2.37. The van der Waals surface area contributed by atoms with Crippen molar-refractivity contribution in [2.24, 2.45) is 0 Å². The fraction of sp³-hybridized carbons (Fsp3) is 0.308. The van der Waals surface area contributed by atoms with E-state index in [9.17, 15) is 27.6 Å². The van der Waals surface area contributed by atoms with E-state index >= 15 is 0 Å². The quantitative estimate of drug-likeness (QED) is 0.102. The maximum atomic E-state index is 14.6. The Hall–Kier alpha value is -6.57. The van der Waals surface area contributed by atoms with Gasteiger partial charge in [0.1, 0.15) is 33.6 Å². The second kappa shape index (κ2) is 24.6. The molecule has 398 valence electrons. The predicted octanol–water partition coefficient (Wildman–Crippen LogP) is 12.1. The minimum Gasteiger partial charge on any atom is -0.478 e. The van der Waals surface area contributed by atoms with Crippen molar-refractivity contribution in [2.45, 2.75) is 100 Å². The third-order valence-electron chi connectivity index (χ3n) is 12.0. The summed E-state index contributed by atoms with van der Waals surface area (Å²) in [6.07, 6.45) is 0. The normalized spacial score (nSPS) is 13.2. The molecule has 1 saturated heterocycles. The molecule has 0 aliphatic carbocycles. The monoisotopic (exact) mass is 1160 g/mol. The highest BCUT2D eigenvalue weighted by molar-refractivity contribution is 9.10. The molecular weight excluding hydrogens is 1110 g/mol. The number of amides is 1. The Labute approximate surface area is 458 Å². The molecule has 16 nitrogen and oxygen atoms in total. The number of carbonyl (C=O) groups is 3. The number of tetrazole rings is 1. The van der Waals surface area contributed by atoms with Gasteiger partial charge in [0.25, 0.3) is 5.91 Å². The topological polar surface area (TPSA) is 206 Å². The molecule has 0 atom stereocenters. The molecule has 76 heavy (non-hydrogen) atoms. The van der Waals surface area contributed by atoms with Crippen LogP contribution >= 0.6 is 49.9 Å². The number of methoxy groups -OCH3 is 1. The first-order valence-electron chi connectivity index (χ1n) is 23.3. The van der Waals surface area contributed by atoms with Crippen molar-refractivity contribution in [1.29, 1.82) is 0 Å². The van der Waals surface area contributed by atoms with E-state index in [1.165, 1.54) is 66.2 Å². The van der Waals surface area contributed by atoms with E-state index in [1.54, 1.807) is 55.0 Å². The second-order valence-corrected chi connectivity index (χ2v) is 22.5. The van der Waals surface area contributed by atoms with E-state index in [4.69, 9.17) is 14.4 Å². The number of carbonyl (C=O) groups excluding carboxylic acids is 2. The average Bonchev–Trinajstić information content (AvgIpc) is 4.20. The van der Waals surface area contributed by atoms with Crippen molar-refractivity contribution in [3.8, 4) is 34.0 Å². The second-order valence-electron chi connectivity index (χ2n) is 18.5. The molecule has 0 saturated carbocycles. The van der Waals surface area contributed by atoms with Crippen LogP contribution in [0.5, 0.6) is 0 Å². The zero-order valence-electron chi connectivity index (χ0n) is 43.8. The molecule has 2 N–H and O–H groups in total. The van der Waals surface area contributed by atoms with Crippen molar-refractivity contribution in [2.75, 3.05) is 12.4 Å². The lowest BCUT2D eigenvalue weighted by molar-refractivity contribution is 0.00578. The van der Waals surface area contributed by atoms with Gasteiger partial charge in [0.15, 0.2) is 0 Å². The van der Waals surface area contributed by atoms with Crippen LogP contribution in [0.4, 0.5) is 19.0 Å². The van der Waals surface area contributed by atoms with Gasteiger partial charge in [0.05, 0.1) is 67.5 Å². The van der Waals surface area contributed by atoms with Gasteiger partial charge >= 0.3 is 19.1 Å². The zero-order valence-corrected chi connectivity index (χ0v) is 47.8. The van der Waals surface area contributed by atoms with Crippen LogP contribution in [0.1, 0.15) is 110 Å². The summed E-state index contributed by atoms with van der Waals surface area (Å²) in [4.78, 5) is 52.5. The third kappa shape index (κ3) is 14.1. The summed E-state index contributed by atoms with van der Waals surface area (Å²) in [6.45, 7) is 22.7. The Morgan fingerprint density at radius 3 is 1.70 bits per heavy atom. The minimum absolute atomic E-state index is 0.0412. The first-order chi connectivity index (χ1) is 35.7. The number of anilines is 1. The molecule has 3 aromatic carbocycles. The summed E-state index contributed by atoms with van der Waals surface area (Å²) in [5.41, 5.74) is 4.46. The maximum Gasteiger partial charge on any atom is 0.495 e. The number of aromatic carboxylic acids is 1. The summed E-state index contributed by atoms with van der Waals surface area (Å²) in [5.74, 6) is -3.77. The molecule has 1 fully saturated rings. The van der Waals surface area contributed by atoms with Gasteiger partial charge in [0.2, 0.25) is 5.82 Å². The van der Waals surface area contributed by atoms with E-state index in [1.807, 2.05) is 78.5 Å². The largest absolute Gasteiger partial charge is 0.495 e. The van der Waals surface area contributed by atoms with Crippen LogP contribution in [0.25, 0.3) is 34.0 Å². The van der Waals surface area contributed by atoms with Gasteiger partial charge in [-0.15, -0.1) is 39.1 Å². The lowest BCUT2D eigenvalue weighted by Crippen LogP contribution is -2.41. The summed E-state index contributed by atoms with van der Waals surface area (Å²) in [5, 5.41) is 31.8. The van der Waals surface area contributed by atoms with Gasteiger partial charge in [0, 0.05) is 27.3 Å². The van der Waals surface area contributed by atoms with Crippen LogP contribution < -0.4 is 10.8 Å². The van der Waals surface area contributed by atoms with Gasteiger partial charge in [-0.1, -0.05) is 6.07 Å². The number of esters is 1. The first kappa shape index (κ1) is 58.7. The molecule has 5 aromatic heterocycles. The van der Waals surface area contributed by atoms with Gasteiger partial charge < -0.3 is 24.5 Å². The fourth-order valence-corrected chi connectivity index (χ4v) is 9.61. The molecule has 0 spiro atoms. The average molecular weight is 1160 g/mol. The number of hydrogen-bond donors (Lipinski definition) is 2. The van der Waals surface area contributed by atoms with E-state index in [2.05, 4.69) is 61.4 Å². The highest BCUT2D eigenvalue weighted by Gasteiger charge is 2.52. The third-order valence-corrected chi connectivity index (χ3v) is 15.0. The lowest BCUT2D eigenvalue weighted by Gasteiger charge is -2.32. The Kier molecular flexibility index (Phi) is 19.0. The number of benzene rings is 3. The van der Waals surface area contributed by atoms with E-state index in [0.717, 1.165) is 25.3 Å². The van der Waals surface area contributed by atoms with Crippen molar-refractivity contribution >= 4 is 86.2 Å². The molecule has 8 aromatic rings. The molecule has 1 amide bonds. The summed E-state index contributed by atoms with van der Waals surface area (Å²) >= 11 is 7.85. The van der Waals surface area contributed by atoms with Crippen LogP contribution in [0.15, 0.2) is 75.3 Å². The lowest BCUT2D eigenvalue weighted by atomic mass is 9.75. The number of rotatable bonds is 9. The summed E-state index contributed by atoms with van der Waals surface area (Å²) in [6, 6.07) is 13.3. The smallest absolute Gasteiger partial charge is 0.478 e. The maximum absolute atomic E-state index is 14.6. The van der Waals surface area contributed by atoms with Crippen molar-refractivity contribution in [3.63, 3.8) is 0 Å². The van der Waals surface area contributed by atoms with E-state index < -0.39 is 53.6 Å². The van der Waals surface area contributed by atoms with Gasteiger partial charge in [-0.3, -0.25) is 4.79 Å². The molecule has 0 unspecified atom stereocenters. The van der Waals surface area contributed by atoms with Crippen LogP contribution in [0, 0.1) is 59.0 Å². The number of carboxylic acids is 1. The molecule has 24 heteroatoms. The summed E-state index contributed by atoms with van der Waals surface area (Å²) in [7, 11) is 0.579. The summed E-state index contributed by atoms with van der Waals surface area (Å²) < 4.78 is 61.0. The number of halogens is 4. The van der Waals surface area contributed by atoms with Crippen molar-refractivity contribution < 1.29 is 46.7 Å². The number of aromatic nitrogens is 8. The zero-order chi connectivity index (χ0) is 56.0. The molecule has 1 aliphatic heterocycles. The minimum atomic E-state index is -1.27. The number of hydrogen-bond acceptors (Lipinski definition) is 16. The first-order valence-corrected chi connectivity index (χ1v) is 26.7. The van der Waals surface area contributed by atoms with Crippen LogP contribution in [0.3, 0.4) is 0 Å². The van der Waals surface area contributed by atoms with E-state index in [-0.39, 0.29) is 28.6 Å². The number of nitrogens with zero attached hydrogens (tertiary/aromatic N) is 8. The Bertz CT molecular complexity index is 3390. The van der Waals surface area contributed by atoms with E-state index in [0.29, 0.717) is 50.5 Å². The molecule has 1 aliphatic rings. The van der Waals surface area contributed by atoms with Gasteiger partial charge in [-0.05, 0) is 180 Å². The number of aryl methyl sites for hydroxylation is 6. The Morgan fingerprint density at radius 1 is 0.711 bits per heavy atom. The number of nitrogens with one attached hydrogen (secondary N) is 1. The molecular formula is C52H54BBrF3N9O7S3. The SMILES string of the molecule is COC(=O)c1cc(B2OC(C)(C)C(C)(C)O2)c(C)cc1F.Cc1nc(-c2cc(C(=O)Nc3cccc(-c4nnnn4C(C)C)n3)c(F)cc2C)cs1.Cc1nc(-c2cc(C(=O)O)c(F)cc2C)cs1.Cc1nc(Br)cs1. The van der Waals surface area contributed by atoms with Crippen LogP contribution in [0.2, 0.25) is 0 Å². The number of pyridine rings is 1. The fourth-order valence-electron chi connectivity index (χ4n) is 7.25. The van der Waals surface area contributed by atoms with Crippen LogP contribution in [-0.4, -0.2) is 88.5 Å². The number of ether oxygens (including phenoxy) is 1. The molecule has 0 radical (unpaired) electrons. The standard InChI is InChI=1S/C21H20FN7OS.C15H20BFO4.C12H10FNO2S.C4H4BrNS/c1-11(2)29-20(26-27-28-29)17-6-5-7-19(24-17)25-21(30)15-9-14(12(3)8-16(15)22)18-10-31-13(4)23-18;1-9-7-12(17)10(13(18)19-6)8-11(9)16-20-14(2,3)15(4,5)21-16;1-6-3-10(13)9(12(15)16)4-8(6)11-5-17-7(2)14-11;1-3-6-4(5)2-7-3/h5-11H,1-4H3,(H,24,25,30);7-8H,1-6H3;3-5H,1-2H3,(H,15,16);2H,1H3. The molecule has 9 rings (SSSR count). The van der Waals surface area contributed by atoms with Crippen LogP contribution in [-0.2, 0) is 14.0 Å². The predicted molar refractivity (Wildman–Crippen MR) is 293 cm³/mol. The molecule has 6 heterocycles. The highest BCUT2D eigenvalue weighted by atomic mass is 79.9. The Balaban J connectivity index is 0.000000181. The van der Waals surface area contributed by atoms with Crippen molar-refractivity contribution in [1.82, 2.24) is 40.1 Å². The molecule has 0 bridgehead atoms. The number of thiazole rings is 3. The van der Waals surface area contributed by atoms with Gasteiger partial charge in [-0.25, -0.2) is 47.4 Å². The number of carboxylic acid groups (broad SMARTS) is 1. The van der Waals surface area contributed by atoms with Gasteiger partial charge in [-0.2, -0.15) is 0 Å². The Morgan fingerprint density at radius 2 is 1.22 bits per heavy atom. The van der Waals surface area contributed by atoms with Crippen molar-refractivity contribution in [3.05, 3.63) is 141 Å².